The van der Waals surface area contributed by atoms with Crippen LogP contribution in [0.3, 0.4) is 0 Å². The van der Waals surface area contributed by atoms with Crippen molar-refractivity contribution in [2.45, 2.75) is 32.6 Å². The molecule has 0 aromatic heterocycles. The number of anilines is 2. The summed E-state index contributed by atoms with van der Waals surface area (Å²) in [5.74, 6) is -0.858. The van der Waals surface area contributed by atoms with Crippen LogP contribution in [0.1, 0.15) is 41.6 Å². The molecule has 2 aromatic rings. The lowest BCUT2D eigenvalue weighted by molar-refractivity contribution is -0.118. The molecule has 2 aromatic carbocycles. The van der Waals surface area contributed by atoms with E-state index in [1.165, 1.54) is 12.8 Å². The van der Waals surface area contributed by atoms with Crippen molar-refractivity contribution in [2.24, 2.45) is 0 Å². The molecule has 0 bridgehead atoms. The fraction of sp³-hybridized carbons (Fsp3) is 0.364. The molecule has 6 heteroatoms. The number of carbonyl (C=O) groups excluding carboxylic acids is 1. The Labute approximate surface area is 165 Å². The molecular formula is C22H26N2O4. The van der Waals surface area contributed by atoms with Crippen LogP contribution >= 0.6 is 0 Å². The number of aromatic carboxylic acids is 1. The summed E-state index contributed by atoms with van der Waals surface area (Å²) in [6.45, 7) is 3.61. The molecule has 1 saturated heterocycles. The second-order valence-electron chi connectivity index (χ2n) is 7.09. The summed E-state index contributed by atoms with van der Waals surface area (Å²) in [5.41, 5.74) is 2.29. The number of rotatable bonds is 6. The quantitative estimate of drug-likeness (QED) is 0.787. The lowest BCUT2D eigenvalue weighted by Gasteiger charge is -2.23. The lowest BCUT2D eigenvalue weighted by Crippen LogP contribution is -2.25. The molecule has 0 unspecified atom stereocenters. The van der Waals surface area contributed by atoms with E-state index in [-0.39, 0.29) is 17.9 Å². The van der Waals surface area contributed by atoms with Gasteiger partial charge in [0.1, 0.15) is 5.75 Å². The Bertz CT molecular complexity index is 842. The first-order valence-corrected chi connectivity index (χ1v) is 9.64. The third-order valence-corrected chi connectivity index (χ3v) is 4.84. The number of benzene rings is 2. The predicted molar refractivity (Wildman–Crippen MR) is 109 cm³/mol. The van der Waals surface area contributed by atoms with Crippen LogP contribution in [0, 0.1) is 6.92 Å². The van der Waals surface area contributed by atoms with Gasteiger partial charge in [-0.15, -0.1) is 0 Å². The van der Waals surface area contributed by atoms with Gasteiger partial charge in [0, 0.05) is 18.8 Å². The van der Waals surface area contributed by atoms with Gasteiger partial charge in [0.2, 0.25) is 0 Å². The highest BCUT2D eigenvalue weighted by atomic mass is 16.5. The second kappa shape index (κ2) is 9.26. The molecule has 28 heavy (non-hydrogen) atoms. The number of ether oxygens (including phenoxy) is 1. The van der Waals surface area contributed by atoms with E-state index in [1.54, 1.807) is 18.2 Å². The van der Waals surface area contributed by atoms with Crippen molar-refractivity contribution in [3.8, 4) is 5.75 Å². The van der Waals surface area contributed by atoms with E-state index in [0.29, 0.717) is 5.75 Å². The largest absolute Gasteiger partial charge is 0.484 e. The number of carboxylic acids is 1. The van der Waals surface area contributed by atoms with Crippen molar-refractivity contribution in [3.05, 3.63) is 53.6 Å². The van der Waals surface area contributed by atoms with Gasteiger partial charge in [-0.1, -0.05) is 25.0 Å². The minimum Gasteiger partial charge on any atom is -0.484 e. The number of aryl methyl sites for hydroxylation is 1. The van der Waals surface area contributed by atoms with Gasteiger partial charge in [-0.25, -0.2) is 4.79 Å². The molecule has 0 aliphatic carbocycles. The molecule has 1 aliphatic rings. The SMILES string of the molecule is Cc1cccc(OCC(=O)Nc2ccc(N3CCCCCC3)cc2C(=O)O)c1. The molecule has 148 valence electrons. The summed E-state index contributed by atoms with van der Waals surface area (Å²) in [6.07, 6.45) is 4.63. The molecule has 2 N–H and O–H groups in total. The van der Waals surface area contributed by atoms with Crippen molar-refractivity contribution in [1.29, 1.82) is 0 Å². The van der Waals surface area contributed by atoms with Crippen LogP contribution < -0.4 is 15.0 Å². The van der Waals surface area contributed by atoms with E-state index < -0.39 is 11.9 Å². The minimum atomic E-state index is -1.06. The summed E-state index contributed by atoms with van der Waals surface area (Å²) < 4.78 is 5.49. The van der Waals surface area contributed by atoms with Gasteiger partial charge in [-0.3, -0.25) is 4.79 Å². The molecule has 6 nitrogen and oxygen atoms in total. The highest BCUT2D eigenvalue weighted by Gasteiger charge is 2.17. The second-order valence-corrected chi connectivity index (χ2v) is 7.09. The Hall–Kier alpha value is -3.02. The van der Waals surface area contributed by atoms with Gasteiger partial charge in [-0.2, -0.15) is 0 Å². The van der Waals surface area contributed by atoms with Gasteiger partial charge in [0.05, 0.1) is 11.3 Å². The molecule has 0 atom stereocenters. The zero-order valence-electron chi connectivity index (χ0n) is 16.1. The summed E-state index contributed by atoms with van der Waals surface area (Å²) in [4.78, 5) is 26.2. The molecular weight excluding hydrogens is 356 g/mol. The summed E-state index contributed by atoms with van der Waals surface area (Å²) in [5, 5.41) is 12.3. The number of carboxylic acid groups (broad SMARTS) is 1. The van der Waals surface area contributed by atoms with Gasteiger partial charge in [0.15, 0.2) is 6.61 Å². The molecule has 1 aliphatic heterocycles. The van der Waals surface area contributed by atoms with Crippen molar-refractivity contribution < 1.29 is 19.4 Å². The van der Waals surface area contributed by atoms with Crippen LogP contribution in [0.2, 0.25) is 0 Å². The van der Waals surface area contributed by atoms with Crippen molar-refractivity contribution in [2.75, 3.05) is 29.9 Å². The first kappa shape index (κ1) is 19.7. The van der Waals surface area contributed by atoms with Crippen LogP contribution in [0.25, 0.3) is 0 Å². The Kier molecular flexibility index (Phi) is 6.53. The number of nitrogens with zero attached hydrogens (tertiary/aromatic N) is 1. The summed E-state index contributed by atoms with van der Waals surface area (Å²) in [6, 6.07) is 12.6. The highest BCUT2D eigenvalue weighted by Crippen LogP contribution is 2.26. The van der Waals surface area contributed by atoms with Crippen LogP contribution in [-0.4, -0.2) is 36.7 Å². The van der Waals surface area contributed by atoms with Crippen molar-refractivity contribution in [3.63, 3.8) is 0 Å². The molecule has 1 heterocycles. The molecule has 3 rings (SSSR count). The summed E-state index contributed by atoms with van der Waals surface area (Å²) >= 11 is 0. The average Bonchev–Trinajstić information content (AvgIpc) is 2.96. The van der Waals surface area contributed by atoms with Crippen LogP contribution in [0.5, 0.6) is 5.75 Å². The normalized spacial score (nSPS) is 14.2. The minimum absolute atomic E-state index is 0.0886. The fourth-order valence-electron chi connectivity index (χ4n) is 3.38. The smallest absolute Gasteiger partial charge is 0.337 e. The number of amides is 1. The Balaban J connectivity index is 1.68. The molecule has 1 amide bonds. The predicted octanol–water partition coefficient (Wildman–Crippen LogP) is 4.09. The van der Waals surface area contributed by atoms with E-state index in [4.69, 9.17) is 4.74 Å². The lowest BCUT2D eigenvalue weighted by atomic mass is 10.1. The first-order chi connectivity index (χ1) is 13.5. The number of hydrogen-bond acceptors (Lipinski definition) is 4. The van der Waals surface area contributed by atoms with Crippen molar-refractivity contribution in [1.82, 2.24) is 0 Å². The maximum atomic E-state index is 12.2. The maximum Gasteiger partial charge on any atom is 0.337 e. The molecule has 0 spiro atoms. The molecule has 0 radical (unpaired) electrons. The molecule has 1 fully saturated rings. The zero-order valence-corrected chi connectivity index (χ0v) is 16.1. The third kappa shape index (κ3) is 5.25. The van der Waals surface area contributed by atoms with E-state index in [2.05, 4.69) is 10.2 Å². The Morgan fingerprint density at radius 2 is 1.82 bits per heavy atom. The Morgan fingerprint density at radius 3 is 2.50 bits per heavy atom. The monoisotopic (exact) mass is 382 g/mol. The van der Waals surface area contributed by atoms with E-state index in [9.17, 15) is 14.7 Å². The fourth-order valence-corrected chi connectivity index (χ4v) is 3.38. The van der Waals surface area contributed by atoms with E-state index in [1.807, 2.05) is 31.2 Å². The standard InChI is InChI=1S/C22H26N2O4/c1-16-7-6-8-18(13-16)28-15-21(25)23-20-10-9-17(14-19(20)22(26)27)24-11-4-2-3-5-12-24/h6-10,13-14H,2-5,11-12,15H2,1H3,(H,23,25)(H,26,27). The topological polar surface area (TPSA) is 78.9 Å². The first-order valence-electron chi connectivity index (χ1n) is 9.64. The van der Waals surface area contributed by atoms with E-state index in [0.717, 1.165) is 37.2 Å². The zero-order chi connectivity index (χ0) is 19.9. The average molecular weight is 382 g/mol. The third-order valence-electron chi connectivity index (χ3n) is 4.84. The van der Waals surface area contributed by atoms with Crippen LogP contribution in [0.4, 0.5) is 11.4 Å². The van der Waals surface area contributed by atoms with Gasteiger partial charge in [0.25, 0.3) is 5.91 Å². The maximum absolute atomic E-state index is 12.2. The Morgan fingerprint density at radius 1 is 1.07 bits per heavy atom. The van der Waals surface area contributed by atoms with Crippen LogP contribution in [-0.2, 0) is 4.79 Å². The number of nitrogens with one attached hydrogen (secondary N) is 1. The van der Waals surface area contributed by atoms with Crippen LogP contribution in [0.15, 0.2) is 42.5 Å². The highest BCUT2D eigenvalue weighted by molar-refractivity contribution is 6.01. The van der Waals surface area contributed by atoms with Crippen molar-refractivity contribution >= 4 is 23.3 Å². The number of hydrogen-bond donors (Lipinski definition) is 2. The van der Waals surface area contributed by atoms with Gasteiger partial charge < -0.3 is 20.1 Å². The van der Waals surface area contributed by atoms with Gasteiger partial charge in [-0.05, 0) is 55.7 Å². The summed E-state index contributed by atoms with van der Waals surface area (Å²) in [7, 11) is 0. The number of carbonyl (C=O) groups is 2. The van der Waals surface area contributed by atoms with E-state index >= 15 is 0 Å². The molecule has 0 saturated carbocycles. The van der Waals surface area contributed by atoms with Gasteiger partial charge >= 0.3 is 5.97 Å².